The Labute approximate surface area is 208 Å². The van der Waals surface area contributed by atoms with E-state index >= 15 is 0 Å². The van der Waals surface area contributed by atoms with Crippen LogP contribution in [0.4, 0.5) is 22.9 Å². The maximum absolute atomic E-state index is 12.9. The number of nitrogens with one attached hydrogen (secondary N) is 2. The summed E-state index contributed by atoms with van der Waals surface area (Å²) in [6.45, 7) is 2.15. The third-order valence-electron chi connectivity index (χ3n) is 5.88. The van der Waals surface area contributed by atoms with Crippen LogP contribution in [-0.4, -0.2) is 45.0 Å². The summed E-state index contributed by atoms with van der Waals surface area (Å²) in [6, 6.07) is 16.4. The molecule has 0 radical (unpaired) electrons. The number of carbonyl (C=O) groups excluding carboxylic acids is 2. The second-order valence-electron chi connectivity index (χ2n) is 8.43. The van der Waals surface area contributed by atoms with Gasteiger partial charge in [0.1, 0.15) is 29.5 Å². The molecule has 0 aliphatic carbocycles. The van der Waals surface area contributed by atoms with E-state index in [0.29, 0.717) is 35.4 Å². The first-order chi connectivity index (χ1) is 17.5. The van der Waals surface area contributed by atoms with Gasteiger partial charge in [-0.05, 0) is 43.3 Å². The number of benzene rings is 2. The lowest BCUT2D eigenvalue weighted by molar-refractivity contribution is -0.122. The largest absolute Gasteiger partial charge is 0.497 e. The first-order valence-electron chi connectivity index (χ1n) is 11.4. The topological polar surface area (TPSA) is 114 Å². The van der Waals surface area contributed by atoms with E-state index < -0.39 is 5.92 Å². The number of ether oxygens (including phenoxy) is 1. The minimum Gasteiger partial charge on any atom is -0.497 e. The molecule has 0 bridgehead atoms. The summed E-state index contributed by atoms with van der Waals surface area (Å²) in [5.41, 5.74) is 2.18. The molecule has 36 heavy (non-hydrogen) atoms. The number of methoxy groups -OCH3 is 1. The van der Waals surface area contributed by atoms with Crippen molar-refractivity contribution in [3.8, 4) is 11.6 Å². The van der Waals surface area contributed by atoms with E-state index in [2.05, 4.69) is 25.6 Å². The van der Waals surface area contributed by atoms with E-state index in [1.807, 2.05) is 66.2 Å². The highest BCUT2D eigenvalue weighted by Crippen LogP contribution is 2.29. The zero-order valence-corrected chi connectivity index (χ0v) is 19.9. The Balaban J connectivity index is 1.22. The summed E-state index contributed by atoms with van der Waals surface area (Å²) in [5.74, 6) is 1.93. The molecule has 10 nitrogen and oxygen atoms in total. The maximum Gasteiger partial charge on any atom is 0.229 e. The second kappa shape index (κ2) is 9.87. The van der Waals surface area contributed by atoms with Gasteiger partial charge < -0.3 is 20.3 Å². The summed E-state index contributed by atoms with van der Waals surface area (Å²) in [5, 5.41) is 6.18. The number of nitrogens with zero attached hydrogens (tertiary/aromatic N) is 5. The van der Waals surface area contributed by atoms with Crippen LogP contribution in [0.25, 0.3) is 5.82 Å². The number of rotatable bonds is 7. The van der Waals surface area contributed by atoms with Crippen LogP contribution in [0, 0.1) is 12.8 Å². The number of carbonyl (C=O) groups is 2. The molecule has 1 aliphatic heterocycles. The quantitative estimate of drug-likeness (QED) is 0.412. The molecule has 2 aromatic heterocycles. The molecule has 1 saturated heterocycles. The predicted molar refractivity (Wildman–Crippen MR) is 136 cm³/mol. The molecule has 2 amide bonds. The molecule has 1 fully saturated rings. The summed E-state index contributed by atoms with van der Waals surface area (Å²) in [6.07, 6.45) is 5.35. The van der Waals surface area contributed by atoms with E-state index in [0.717, 1.165) is 11.4 Å². The van der Waals surface area contributed by atoms with Gasteiger partial charge in [0.15, 0.2) is 0 Å². The monoisotopic (exact) mass is 483 g/mol. The number of hydrogen-bond acceptors (Lipinski definition) is 7. The first-order valence-corrected chi connectivity index (χ1v) is 11.4. The normalized spacial score (nSPS) is 15.1. The molecule has 4 aromatic rings. The number of aromatic nitrogens is 4. The average Bonchev–Trinajstić information content (AvgIpc) is 3.55. The molecular formula is C26H25N7O3. The number of imidazole rings is 1. The number of anilines is 4. The molecule has 10 heteroatoms. The predicted octanol–water partition coefficient (Wildman–Crippen LogP) is 3.71. The smallest absolute Gasteiger partial charge is 0.229 e. The van der Waals surface area contributed by atoms with Gasteiger partial charge in [-0.15, -0.1) is 0 Å². The van der Waals surface area contributed by atoms with Crippen LogP contribution in [0.15, 0.2) is 73.3 Å². The van der Waals surface area contributed by atoms with Crippen molar-refractivity contribution >= 4 is 34.7 Å². The van der Waals surface area contributed by atoms with Crippen molar-refractivity contribution in [2.24, 2.45) is 5.92 Å². The van der Waals surface area contributed by atoms with Gasteiger partial charge in [0.2, 0.25) is 11.8 Å². The summed E-state index contributed by atoms with van der Waals surface area (Å²) >= 11 is 0. The highest BCUT2D eigenvalue weighted by Gasteiger charge is 2.35. The minimum atomic E-state index is -0.438. The Hall–Kier alpha value is -4.73. The molecule has 182 valence electrons. The Morgan fingerprint density at radius 2 is 1.89 bits per heavy atom. The molecule has 2 N–H and O–H groups in total. The van der Waals surface area contributed by atoms with Crippen LogP contribution in [0.2, 0.25) is 0 Å². The lowest BCUT2D eigenvalue weighted by Crippen LogP contribution is -2.28. The molecule has 1 atom stereocenters. The second-order valence-corrected chi connectivity index (χ2v) is 8.43. The van der Waals surface area contributed by atoms with Gasteiger partial charge >= 0.3 is 0 Å². The molecule has 2 aromatic carbocycles. The Bertz CT molecular complexity index is 1390. The third kappa shape index (κ3) is 5.02. The van der Waals surface area contributed by atoms with Crippen molar-refractivity contribution in [1.29, 1.82) is 0 Å². The van der Waals surface area contributed by atoms with Crippen LogP contribution in [-0.2, 0) is 9.59 Å². The standard InChI is InChI=1S/C26H25N7O3/c1-17-28-23(14-24(29-17)32-11-10-27-16-32)30-19-6-8-20(9-7-19)31-26(35)18-12-25(34)33(15-18)21-4-3-5-22(13-21)36-2/h3-11,13-14,16,18H,12,15H2,1-2H3,(H,31,35)(H,28,29,30)/t18-/m0/s1. The summed E-state index contributed by atoms with van der Waals surface area (Å²) in [7, 11) is 1.58. The fourth-order valence-electron chi connectivity index (χ4n) is 4.08. The molecule has 1 aliphatic rings. The van der Waals surface area contributed by atoms with E-state index in [1.54, 1.807) is 30.6 Å². The third-order valence-corrected chi connectivity index (χ3v) is 5.88. The van der Waals surface area contributed by atoms with E-state index in [4.69, 9.17) is 4.74 Å². The number of amides is 2. The SMILES string of the molecule is COc1cccc(N2C[C@@H](C(=O)Nc3ccc(Nc4cc(-n5ccnc5)nc(C)n4)cc3)CC2=O)c1. The zero-order chi connectivity index (χ0) is 25.1. The van der Waals surface area contributed by atoms with Gasteiger partial charge in [0.05, 0.1) is 13.0 Å². The fraction of sp³-hybridized carbons (Fsp3) is 0.192. The Morgan fingerprint density at radius 3 is 2.64 bits per heavy atom. The average molecular weight is 484 g/mol. The molecule has 0 unspecified atom stereocenters. The van der Waals surface area contributed by atoms with Gasteiger partial charge in [-0.25, -0.2) is 15.0 Å². The van der Waals surface area contributed by atoms with Crippen LogP contribution in [0.1, 0.15) is 12.2 Å². The van der Waals surface area contributed by atoms with Crippen LogP contribution in [0.3, 0.4) is 0 Å². The lowest BCUT2D eigenvalue weighted by atomic mass is 10.1. The molecule has 3 heterocycles. The maximum atomic E-state index is 12.9. The summed E-state index contributed by atoms with van der Waals surface area (Å²) in [4.78, 5) is 40.0. The molecular weight excluding hydrogens is 458 g/mol. The Morgan fingerprint density at radius 1 is 1.08 bits per heavy atom. The Kier molecular flexibility index (Phi) is 6.31. The highest BCUT2D eigenvalue weighted by atomic mass is 16.5. The van der Waals surface area contributed by atoms with Gasteiger partial charge in [0.25, 0.3) is 0 Å². The van der Waals surface area contributed by atoms with Crippen molar-refractivity contribution in [3.05, 3.63) is 79.1 Å². The highest BCUT2D eigenvalue weighted by molar-refractivity contribution is 6.03. The van der Waals surface area contributed by atoms with E-state index in [9.17, 15) is 9.59 Å². The molecule has 5 rings (SSSR count). The number of aryl methyl sites for hydroxylation is 1. The van der Waals surface area contributed by atoms with Gasteiger partial charge in [-0.1, -0.05) is 6.07 Å². The van der Waals surface area contributed by atoms with E-state index in [-0.39, 0.29) is 18.2 Å². The lowest BCUT2D eigenvalue weighted by Gasteiger charge is -2.17. The first kappa shape index (κ1) is 23.0. The van der Waals surface area contributed by atoms with Crippen molar-refractivity contribution in [1.82, 2.24) is 19.5 Å². The van der Waals surface area contributed by atoms with Gasteiger partial charge in [0, 0.05) is 54.6 Å². The van der Waals surface area contributed by atoms with E-state index in [1.165, 1.54) is 0 Å². The van der Waals surface area contributed by atoms with Crippen LogP contribution in [0.5, 0.6) is 5.75 Å². The van der Waals surface area contributed by atoms with Crippen molar-refractivity contribution in [3.63, 3.8) is 0 Å². The van der Waals surface area contributed by atoms with Gasteiger partial charge in [-0.2, -0.15) is 0 Å². The molecule has 0 spiro atoms. The van der Waals surface area contributed by atoms with Crippen LogP contribution >= 0.6 is 0 Å². The number of hydrogen-bond donors (Lipinski definition) is 2. The van der Waals surface area contributed by atoms with Crippen molar-refractivity contribution in [2.45, 2.75) is 13.3 Å². The summed E-state index contributed by atoms with van der Waals surface area (Å²) < 4.78 is 7.05. The minimum absolute atomic E-state index is 0.0850. The van der Waals surface area contributed by atoms with Crippen molar-refractivity contribution < 1.29 is 14.3 Å². The fourth-order valence-corrected chi connectivity index (χ4v) is 4.08. The zero-order valence-electron chi connectivity index (χ0n) is 19.9. The van der Waals surface area contributed by atoms with Crippen LogP contribution < -0.4 is 20.3 Å². The van der Waals surface area contributed by atoms with Gasteiger partial charge in [-0.3, -0.25) is 14.2 Å². The molecule has 0 saturated carbocycles. The van der Waals surface area contributed by atoms with Crippen molar-refractivity contribution in [2.75, 3.05) is 29.2 Å².